The number of rotatable bonds is 4. The van der Waals surface area contributed by atoms with Gasteiger partial charge in [0.1, 0.15) is 6.61 Å². The van der Waals surface area contributed by atoms with Crippen molar-refractivity contribution < 1.29 is 24.1 Å². The zero-order chi connectivity index (χ0) is 9.07. The Balaban J connectivity index is 4.76. The van der Waals surface area contributed by atoms with E-state index in [0.717, 1.165) is 7.11 Å². The number of aliphatic hydroxyl groups excluding tert-OH is 1. The van der Waals surface area contributed by atoms with Gasteiger partial charge in [-0.15, -0.1) is 0 Å². The molecule has 11 heavy (non-hydrogen) atoms. The Labute approximate surface area is 69.6 Å². The van der Waals surface area contributed by atoms with Crippen LogP contribution in [0, 0.1) is 0 Å². The molecule has 0 aliphatic rings. The van der Waals surface area contributed by atoms with Gasteiger partial charge < -0.3 is 14.7 Å². The van der Waals surface area contributed by atoms with Gasteiger partial charge in [0.15, 0.2) is 0 Å². The van der Waals surface area contributed by atoms with Crippen molar-refractivity contribution in [3.63, 3.8) is 0 Å². The summed E-state index contributed by atoms with van der Waals surface area (Å²) in [6.45, 7) is -0.926. The smallest absolute Gasteiger partial charge is 0.356 e. The first kappa shape index (κ1) is 11.0. The van der Waals surface area contributed by atoms with Gasteiger partial charge in [0.2, 0.25) is 0 Å². The Bertz CT molecular complexity index is 161. The average Bonchev–Trinajstić information content (AvgIpc) is 1.90. The first-order valence-electron chi connectivity index (χ1n) is 2.55. The second kappa shape index (κ2) is 4.13. The summed E-state index contributed by atoms with van der Waals surface area (Å²) < 4.78 is 14.7. The van der Waals surface area contributed by atoms with Crippen LogP contribution in [0.25, 0.3) is 0 Å². The van der Waals surface area contributed by atoms with Crippen molar-refractivity contribution in [2.75, 3.05) is 13.7 Å². The Hall–Kier alpha value is -0.0000000000000000763. The molecule has 64 valence electrons. The van der Waals surface area contributed by atoms with Gasteiger partial charge >= 0.3 is 13.4 Å². The number of carbonyl (C=O) groups excluding carboxylic acids is 1. The van der Waals surface area contributed by atoms with Crippen LogP contribution in [0.4, 0.5) is 0 Å². The molecular formula is C4H7O5PS. The molecule has 0 heterocycles. The molecular weight excluding hydrogens is 191 g/mol. The molecule has 0 aromatic carbocycles. The van der Waals surface area contributed by atoms with Crippen molar-refractivity contribution in [1.82, 2.24) is 0 Å². The predicted molar refractivity (Wildman–Crippen MR) is 38.4 cm³/mol. The minimum Gasteiger partial charge on any atom is -0.593 e. The molecule has 0 radical (unpaired) electrons. The third kappa shape index (κ3) is 1.98. The molecule has 0 aliphatic carbocycles. The van der Waals surface area contributed by atoms with Crippen molar-refractivity contribution in [2.24, 2.45) is 0 Å². The zero-order valence-electron chi connectivity index (χ0n) is 5.68. The van der Waals surface area contributed by atoms with Gasteiger partial charge in [0.25, 0.3) is 5.12 Å². The first-order chi connectivity index (χ1) is 5.01. The highest BCUT2D eigenvalue weighted by atomic mass is 32.1. The molecule has 1 N–H and O–H groups in total. The standard InChI is InChI=1S/C4H7O5PS/c1-9-4(2-5,3(6)11)10(7)8/h5H,2H2,1H3,(H,6,11). The molecule has 0 aliphatic heterocycles. The molecule has 0 aromatic rings. The molecule has 7 heteroatoms. The molecule has 0 saturated heterocycles. The number of carbonyl (C=O) groups is 1. The van der Waals surface area contributed by atoms with Crippen molar-refractivity contribution >= 4 is 25.8 Å². The lowest BCUT2D eigenvalue weighted by Gasteiger charge is -2.16. The number of hydrogen-bond acceptors (Lipinski definition) is 5. The summed E-state index contributed by atoms with van der Waals surface area (Å²) in [5, 5.41) is 5.33. The Morgan fingerprint density at radius 1 is 1.91 bits per heavy atom. The molecule has 5 nitrogen and oxygen atoms in total. The van der Waals surface area contributed by atoms with Gasteiger partial charge in [-0.3, -0.25) is 4.79 Å². The summed E-state index contributed by atoms with van der Waals surface area (Å²) in [6, 6.07) is 0. The Morgan fingerprint density at radius 3 is 2.36 bits per heavy atom. The zero-order valence-corrected chi connectivity index (χ0v) is 7.47. The summed E-state index contributed by atoms with van der Waals surface area (Å²) >= 11 is 3.27. The molecule has 0 rings (SSSR count). The van der Waals surface area contributed by atoms with Gasteiger partial charge in [-0.2, -0.15) is 0 Å². The lowest BCUT2D eigenvalue weighted by atomic mass is 10.4. The van der Waals surface area contributed by atoms with E-state index in [4.69, 9.17) is 5.11 Å². The summed E-state index contributed by atoms with van der Waals surface area (Å²) in [6.07, 6.45) is 0. The van der Waals surface area contributed by atoms with E-state index >= 15 is 0 Å². The van der Waals surface area contributed by atoms with Gasteiger partial charge in [-0.1, -0.05) is 17.2 Å². The Morgan fingerprint density at radius 2 is 2.36 bits per heavy atom. The summed E-state index contributed by atoms with van der Waals surface area (Å²) in [4.78, 5) is 21.0. The maximum Gasteiger partial charge on any atom is 0.356 e. The molecule has 2 unspecified atom stereocenters. The third-order valence-electron chi connectivity index (χ3n) is 1.18. The third-order valence-corrected chi connectivity index (χ3v) is 2.84. The van der Waals surface area contributed by atoms with Crippen LogP contribution in [0.15, 0.2) is 0 Å². The van der Waals surface area contributed by atoms with E-state index in [0.29, 0.717) is 0 Å². The fourth-order valence-corrected chi connectivity index (χ4v) is 1.26. The van der Waals surface area contributed by atoms with Crippen LogP contribution in [-0.2, 0) is 14.1 Å². The lowest BCUT2D eigenvalue weighted by Crippen LogP contribution is -2.40. The van der Waals surface area contributed by atoms with Crippen LogP contribution in [0.3, 0.4) is 0 Å². The molecule has 0 amide bonds. The van der Waals surface area contributed by atoms with E-state index in [-0.39, 0.29) is 0 Å². The van der Waals surface area contributed by atoms with Crippen molar-refractivity contribution in [2.45, 2.75) is 5.34 Å². The van der Waals surface area contributed by atoms with E-state index in [1.165, 1.54) is 0 Å². The molecule has 0 spiro atoms. The highest BCUT2D eigenvalue weighted by Gasteiger charge is 2.49. The van der Waals surface area contributed by atoms with Crippen LogP contribution < -0.4 is 4.89 Å². The van der Waals surface area contributed by atoms with E-state index in [1.54, 1.807) is 0 Å². The maximum absolute atomic E-state index is 10.6. The largest absolute Gasteiger partial charge is 0.593 e. The quantitative estimate of drug-likeness (QED) is 0.441. The van der Waals surface area contributed by atoms with E-state index in [9.17, 15) is 14.3 Å². The van der Waals surface area contributed by atoms with Gasteiger partial charge in [-0.05, 0) is 0 Å². The van der Waals surface area contributed by atoms with Crippen molar-refractivity contribution in [3.05, 3.63) is 0 Å². The normalized spacial score (nSPS) is 17.3. The molecule has 0 aromatic heterocycles. The highest BCUT2D eigenvalue weighted by molar-refractivity contribution is 7.97. The molecule has 0 fully saturated rings. The van der Waals surface area contributed by atoms with E-state index in [2.05, 4.69) is 17.4 Å². The lowest BCUT2D eigenvalue weighted by molar-refractivity contribution is -0.184. The van der Waals surface area contributed by atoms with Crippen LogP contribution in [-0.4, -0.2) is 29.3 Å². The first-order valence-corrected chi connectivity index (χ1v) is 4.17. The number of ether oxygens (including phenoxy) is 1. The molecule has 2 atom stereocenters. The van der Waals surface area contributed by atoms with Gasteiger partial charge in [-0.25, -0.2) is 0 Å². The molecule has 0 bridgehead atoms. The van der Waals surface area contributed by atoms with Crippen LogP contribution in [0.2, 0.25) is 0 Å². The van der Waals surface area contributed by atoms with E-state index < -0.39 is 25.1 Å². The topological polar surface area (TPSA) is 86.7 Å². The fraction of sp³-hybridized carbons (Fsp3) is 0.750. The summed E-state index contributed by atoms with van der Waals surface area (Å²) in [7, 11) is -2.18. The Kier molecular flexibility index (Phi) is 4.13. The van der Waals surface area contributed by atoms with E-state index in [1.807, 2.05) is 0 Å². The minimum atomic E-state index is -3.19. The average molecular weight is 198 g/mol. The number of methoxy groups -OCH3 is 1. The fourth-order valence-electron chi connectivity index (χ4n) is 0.430. The number of aliphatic hydroxyl groups is 1. The second-order valence-corrected chi connectivity index (χ2v) is 3.35. The highest BCUT2D eigenvalue weighted by Crippen LogP contribution is 2.33. The second-order valence-electron chi connectivity index (χ2n) is 1.71. The minimum absolute atomic E-state index is 0.926. The van der Waals surface area contributed by atoms with Crippen LogP contribution in [0.5, 0.6) is 0 Å². The van der Waals surface area contributed by atoms with Gasteiger partial charge in [0, 0.05) is 7.11 Å². The molecule has 0 saturated carbocycles. The van der Waals surface area contributed by atoms with Crippen LogP contribution >= 0.6 is 20.7 Å². The SMILES string of the molecule is COC(CO)(C(=O)S)[P+](=O)[O-]. The summed E-state index contributed by atoms with van der Waals surface area (Å²) in [5.74, 6) is 0. The van der Waals surface area contributed by atoms with Crippen LogP contribution in [0.1, 0.15) is 0 Å². The number of hydrogen-bond donors (Lipinski definition) is 2. The van der Waals surface area contributed by atoms with Gasteiger partial charge in [0.05, 0.1) is 0 Å². The van der Waals surface area contributed by atoms with Crippen molar-refractivity contribution in [1.29, 1.82) is 0 Å². The summed E-state index contributed by atoms with van der Waals surface area (Å²) in [5.41, 5.74) is 0. The van der Waals surface area contributed by atoms with Crippen molar-refractivity contribution in [3.8, 4) is 0 Å². The predicted octanol–water partition coefficient (Wildman–Crippen LogP) is -1.12. The maximum atomic E-state index is 10.6. The monoisotopic (exact) mass is 198 g/mol. The number of thiol groups is 1.